The van der Waals surface area contributed by atoms with Crippen molar-refractivity contribution in [2.45, 2.75) is 72.6 Å². The predicted molar refractivity (Wildman–Crippen MR) is 267 cm³/mol. The number of fused-ring (bicyclic) bond motifs is 4. The van der Waals surface area contributed by atoms with Gasteiger partial charge in [-0.2, -0.15) is 0 Å². The van der Waals surface area contributed by atoms with Gasteiger partial charge in [-0.3, -0.25) is 29.4 Å². The van der Waals surface area contributed by atoms with Crippen LogP contribution in [0.25, 0.3) is 21.8 Å². The van der Waals surface area contributed by atoms with E-state index < -0.39 is 24.6 Å². The average molecular weight is 995 g/mol. The number of carbonyl (C=O) groups excluding carboxylic acids is 2. The molecule has 2 fully saturated rings. The zero-order chi connectivity index (χ0) is 48.7. The molecule has 4 aromatic heterocycles. The summed E-state index contributed by atoms with van der Waals surface area (Å²) in [5.41, 5.74) is 6.31. The van der Waals surface area contributed by atoms with Crippen LogP contribution in [-0.4, -0.2) is 141 Å². The van der Waals surface area contributed by atoms with Crippen molar-refractivity contribution >= 4 is 68.5 Å². The average Bonchev–Trinajstić information content (AvgIpc) is 3.37. The van der Waals surface area contributed by atoms with Gasteiger partial charge in [0.2, 0.25) is 11.8 Å². The third-order valence-electron chi connectivity index (χ3n) is 13.0. The lowest BCUT2D eigenvalue weighted by molar-refractivity contribution is -0.114. The first-order valence-corrected chi connectivity index (χ1v) is 25.2. The number of carbonyl (C=O) groups is 2. The molecule has 4 aliphatic rings. The van der Waals surface area contributed by atoms with Crippen molar-refractivity contribution in [3.63, 3.8) is 0 Å². The van der Waals surface area contributed by atoms with E-state index in [4.69, 9.17) is 9.47 Å². The van der Waals surface area contributed by atoms with Gasteiger partial charge in [-0.05, 0) is 109 Å². The molecule has 0 bridgehead atoms. The van der Waals surface area contributed by atoms with E-state index in [1.165, 1.54) is 23.5 Å². The summed E-state index contributed by atoms with van der Waals surface area (Å²) < 4.78 is 40.7. The number of pyridine rings is 4. The van der Waals surface area contributed by atoms with Gasteiger partial charge in [0.15, 0.2) is 0 Å². The van der Waals surface area contributed by atoms with Crippen LogP contribution < -0.4 is 30.7 Å². The Kier molecular flexibility index (Phi) is 16.0. The number of hydrogen-bond acceptors (Lipinski definition) is 16. The highest BCUT2D eigenvalue weighted by atomic mass is 32.2. The number of alkyl halides is 2. The van der Waals surface area contributed by atoms with E-state index in [-0.39, 0.29) is 37.0 Å². The number of halogens is 2. The number of likely N-dealkylation sites (tertiary alicyclic amines) is 2. The van der Waals surface area contributed by atoms with Gasteiger partial charge in [-0.15, -0.1) is 0 Å². The normalized spacial score (nSPS) is 21.4. The highest BCUT2D eigenvalue weighted by Crippen LogP contribution is 2.33. The van der Waals surface area contributed by atoms with Crippen LogP contribution in [-0.2, 0) is 22.7 Å². The largest absolute Gasteiger partial charge is 0.497 e. The number of nitrogens with zero attached hydrogens (tertiary/aromatic N) is 6. The van der Waals surface area contributed by atoms with Gasteiger partial charge < -0.3 is 41.0 Å². The summed E-state index contributed by atoms with van der Waals surface area (Å²) in [6.07, 6.45) is 4.50. The van der Waals surface area contributed by atoms with Crippen molar-refractivity contribution in [2.24, 2.45) is 0 Å². The van der Waals surface area contributed by atoms with Gasteiger partial charge in [-0.25, -0.2) is 18.7 Å². The first-order chi connectivity index (χ1) is 34.0. The summed E-state index contributed by atoms with van der Waals surface area (Å²) in [5.74, 6) is 2.08. The third kappa shape index (κ3) is 11.9. The molecule has 0 unspecified atom stereocenters. The van der Waals surface area contributed by atoms with Crippen molar-refractivity contribution in [1.82, 2.24) is 40.4 Å². The zero-order valence-corrected chi connectivity index (χ0v) is 40.4. The molecular weight excluding hydrogens is 939 g/mol. The van der Waals surface area contributed by atoms with Crippen molar-refractivity contribution < 1.29 is 38.1 Å². The van der Waals surface area contributed by atoms with E-state index in [1.807, 2.05) is 58.3 Å². The minimum Gasteiger partial charge on any atom is -0.497 e. The van der Waals surface area contributed by atoms with Crippen LogP contribution in [0.5, 0.6) is 11.5 Å². The smallest absolute Gasteiger partial charge is 0.234 e. The van der Waals surface area contributed by atoms with Crippen molar-refractivity contribution in [3.8, 4) is 11.5 Å². The molecule has 2 saturated heterocycles. The van der Waals surface area contributed by atoms with E-state index >= 15 is 8.78 Å². The SMILES string of the molecule is COc1ccc2nccc([C@@H](O)CN3CC[C@@H](NCc4cnc5c(c4)NC(=O)CS5)[C@@H](F)C3)c2c1.COc1ccc2nccc([C@@H](O)CN3CC[C@H](NCc4cnc5c(c4)NC(=O)CS5)[C@H](F)C3)c2c1. The van der Waals surface area contributed by atoms with E-state index in [2.05, 4.69) is 41.2 Å². The Hall–Kier alpha value is -5.58. The molecule has 20 heteroatoms. The molecule has 6 aromatic rings. The fourth-order valence-corrected chi connectivity index (χ4v) is 10.7. The van der Waals surface area contributed by atoms with Crippen molar-refractivity contribution in [3.05, 3.63) is 108 Å². The number of piperidine rings is 2. The lowest BCUT2D eigenvalue weighted by Gasteiger charge is -2.36. The number of nitrogens with one attached hydrogen (secondary N) is 4. The summed E-state index contributed by atoms with van der Waals surface area (Å²) >= 11 is 2.84. The van der Waals surface area contributed by atoms with E-state index in [0.717, 1.165) is 54.1 Å². The standard InChI is InChI=1S/2C25H28FN5O3S/c2*1-34-16-2-3-20-18(9-16)17(4-6-27-20)23(32)13-31-7-5-21(19(26)12-31)28-10-15-8-22-25(29-11-15)35-14-24(33)30-22/h2*2-4,6,8-9,11,19,21,23,28,32H,5,7,10,12-14H2,1H3,(H,30,33)/t19-,21+,23+;19-,21+,23-/m10/s1. The maximum absolute atomic E-state index is 15.0. The lowest BCUT2D eigenvalue weighted by atomic mass is 10.00. The minimum absolute atomic E-state index is 0.0355. The summed E-state index contributed by atoms with van der Waals surface area (Å²) in [5, 5.41) is 37.5. The molecule has 0 radical (unpaired) electrons. The Balaban J connectivity index is 0.000000174. The Morgan fingerprint density at radius 2 is 1.11 bits per heavy atom. The van der Waals surface area contributed by atoms with Gasteiger partial charge in [-0.1, -0.05) is 23.5 Å². The third-order valence-corrected chi connectivity index (χ3v) is 15.0. The van der Waals surface area contributed by atoms with Crippen LogP contribution in [0, 0.1) is 0 Å². The Labute approximate surface area is 412 Å². The Morgan fingerprint density at radius 1 is 0.671 bits per heavy atom. The van der Waals surface area contributed by atoms with Gasteiger partial charge in [0.1, 0.15) is 33.9 Å². The zero-order valence-electron chi connectivity index (χ0n) is 38.8. The molecule has 16 nitrogen and oxygen atoms in total. The molecule has 8 heterocycles. The molecule has 6 atom stereocenters. The van der Waals surface area contributed by atoms with Gasteiger partial charge in [0, 0.05) is 86.9 Å². The number of methoxy groups -OCH3 is 2. The van der Waals surface area contributed by atoms with Crippen LogP contribution in [0.15, 0.2) is 95.5 Å². The number of hydrogen-bond donors (Lipinski definition) is 6. The van der Waals surface area contributed by atoms with Crippen LogP contribution >= 0.6 is 23.5 Å². The highest BCUT2D eigenvalue weighted by molar-refractivity contribution is 8.00. The molecule has 2 aromatic carbocycles. The first-order valence-electron chi connectivity index (χ1n) is 23.2. The number of β-amino-alcohol motifs (C(OH)–C–C–N with tert-alkyl or cyclic N) is 2. The molecule has 10 rings (SSSR count). The van der Waals surface area contributed by atoms with Crippen molar-refractivity contribution in [2.75, 3.05) is 75.6 Å². The number of anilines is 2. The second kappa shape index (κ2) is 22.7. The number of aromatic nitrogens is 4. The molecule has 70 heavy (non-hydrogen) atoms. The monoisotopic (exact) mass is 994 g/mol. The summed E-state index contributed by atoms with van der Waals surface area (Å²) in [4.78, 5) is 44.7. The fourth-order valence-electron chi connectivity index (χ4n) is 9.27. The van der Waals surface area contributed by atoms with Crippen LogP contribution in [0.2, 0.25) is 0 Å². The van der Waals surface area contributed by atoms with Gasteiger partial charge in [0.25, 0.3) is 0 Å². The van der Waals surface area contributed by atoms with E-state index in [1.54, 1.807) is 51.1 Å². The lowest BCUT2D eigenvalue weighted by Crippen LogP contribution is -2.51. The Morgan fingerprint density at radius 3 is 1.53 bits per heavy atom. The molecule has 368 valence electrons. The quantitative estimate of drug-likeness (QED) is 0.0761. The molecule has 4 aliphatic heterocycles. The molecule has 6 N–H and O–H groups in total. The van der Waals surface area contributed by atoms with Crippen LogP contribution in [0.4, 0.5) is 20.2 Å². The topological polar surface area (TPSA) is 199 Å². The molecule has 2 amide bonds. The second-order valence-corrected chi connectivity index (χ2v) is 19.7. The van der Waals surface area contributed by atoms with Gasteiger partial charge >= 0.3 is 0 Å². The van der Waals surface area contributed by atoms with Crippen LogP contribution in [0.3, 0.4) is 0 Å². The predicted octanol–water partition coefficient (Wildman–Crippen LogP) is 5.84. The number of thioether (sulfide) groups is 2. The van der Waals surface area contributed by atoms with Gasteiger partial charge in [0.05, 0.1) is 60.3 Å². The highest BCUT2D eigenvalue weighted by Gasteiger charge is 2.32. The number of aliphatic hydroxyl groups is 2. The summed E-state index contributed by atoms with van der Waals surface area (Å²) in [6.45, 7) is 3.48. The van der Waals surface area contributed by atoms with Crippen molar-refractivity contribution in [1.29, 1.82) is 0 Å². The molecular formula is C50H56F2N10O6S2. The fraction of sp³-hybridized carbons (Fsp3) is 0.400. The number of rotatable bonds is 14. The minimum atomic E-state index is -1.06. The Bertz CT molecular complexity index is 2650. The van der Waals surface area contributed by atoms with Crippen LogP contribution in [0.1, 0.15) is 47.3 Å². The second-order valence-electron chi connectivity index (χ2n) is 17.8. The number of benzene rings is 2. The maximum Gasteiger partial charge on any atom is 0.234 e. The maximum atomic E-state index is 15.0. The number of amides is 2. The first kappa shape index (κ1) is 49.4. The number of aliphatic hydroxyl groups excluding tert-OH is 2. The summed E-state index contributed by atoms with van der Waals surface area (Å²) in [6, 6.07) is 18.0. The molecule has 0 aliphatic carbocycles. The van der Waals surface area contributed by atoms with E-state index in [9.17, 15) is 19.8 Å². The molecule has 0 saturated carbocycles. The molecule has 0 spiro atoms. The van der Waals surface area contributed by atoms with E-state index in [0.29, 0.717) is 86.5 Å². The number of ether oxygens (including phenoxy) is 2. The summed E-state index contributed by atoms with van der Waals surface area (Å²) in [7, 11) is 3.21.